The van der Waals surface area contributed by atoms with E-state index in [-0.39, 0.29) is 0 Å². The summed E-state index contributed by atoms with van der Waals surface area (Å²) in [7, 11) is 0. The molecule has 1 fully saturated rings. The summed E-state index contributed by atoms with van der Waals surface area (Å²) < 4.78 is 0. The molecule has 1 aromatic rings. The second-order valence-electron chi connectivity index (χ2n) is 5.82. The van der Waals surface area contributed by atoms with Gasteiger partial charge in [0, 0.05) is 10.9 Å². The van der Waals surface area contributed by atoms with E-state index in [2.05, 4.69) is 23.7 Å². The van der Waals surface area contributed by atoms with Gasteiger partial charge in [0.25, 0.3) is 0 Å². The molecule has 0 amide bonds. The Bertz CT molecular complexity index is 371. The topological polar surface area (TPSA) is 12.0 Å². The first-order chi connectivity index (χ1) is 8.34. The monoisotopic (exact) mass is 249 g/mol. The number of aryl methyl sites for hydroxylation is 1. The third-order valence-electron chi connectivity index (χ3n) is 4.72. The van der Waals surface area contributed by atoms with Crippen LogP contribution >= 0.6 is 11.3 Å². The smallest absolute Gasteiger partial charge is 0.0331 e. The second kappa shape index (κ2) is 5.11. The lowest BCUT2D eigenvalue weighted by Crippen LogP contribution is -2.30. The van der Waals surface area contributed by atoms with Gasteiger partial charge in [0.1, 0.15) is 0 Å². The maximum Gasteiger partial charge on any atom is 0.0331 e. The molecule has 2 aliphatic rings. The summed E-state index contributed by atoms with van der Waals surface area (Å²) in [5.41, 5.74) is 1.60. The number of thiophene rings is 1. The van der Waals surface area contributed by atoms with Gasteiger partial charge in [-0.1, -0.05) is 19.8 Å². The van der Waals surface area contributed by atoms with Crippen molar-refractivity contribution < 1.29 is 0 Å². The number of hydrogen-bond donors (Lipinski definition) is 1. The average Bonchev–Trinajstić information content (AvgIpc) is 2.95. The molecular weight excluding hydrogens is 226 g/mol. The molecule has 1 N–H and O–H groups in total. The fourth-order valence-corrected chi connectivity index (χ4v) is 4.51. The van der Waals surface area contributed by atoms with E-state index in [0.717, 1.165) is 11.8 Å². The maximum absolute atomic E-state index is 3.84. The first kappa shape index (κ1) is 11.7. The van der Waals surface area contributed by atoms with Crippen LogP contribution in [0.3, 0.4) is 0 Å². The minimum atomic E-state index is 0.651. The highest BCUT2D eigenvalue weighted by molar-refractivity contribution is 7.10. The van der Waals surface area contributed by atoms with Crippen LogP contribution in [0, 0.1) is 11.8 Å². The Kier molecular flexibility index (Phi) is 3.53. The van der Waals surface area contributed by atoms with Gasteiger partial charge in [-0.3, -0.25) is 0 Å². The van der Waals surface area contributed by atoms with Crippen molar-refractivity contribution >= 4 is 11.3 Å². The highest BCUT2D eigenvalue weighted by Gasteiger charge is 2.26. The Morgan fingerprint density at radius 3 is 3.06 bits per heavy atom. The normalized spacial score (nSPS) is 32.6. The van der Waals surface area contributed by atoms with E-state index in [9.17, 15) is 0 Å². The van der Waals surface area contributed by atoms with E-state index in [4.69, 9.17) is 0 Å². The minimum absolute atomic E-state index is 0.651. The molecule has 3 rings (SSSR count). The number of nitrogens with one attached hydrogen (secondary N) is 1. The fraction of sp³-hybridized carbons (Fsp3) is 0.733. The molecule has 0 saturated heterocycles. The summed E-state index contributed by atoms with van der Waals surface area (Å²) in [5.74, 6) is 1.87. The van der Waals surface area contributed by atoms with E-state index < -0.39 is 0 Å². The fourth-order valence-electron chi connectivity index (χ4n) is 3.52. The van der Waals surface area contributed by atoms with Crippen LogP contribution < -0.4 is 5.32 Å². The zero-order valence-electron chi connectivity index (χ0n) is 10.7. The minimum Gasteiger partial charge on any atom is -0.310 e. The van der Waals surface area contributed by atoms with Crippen molar-refractivity contribution in [1.29, 1.82) is 0 Å². The van der Waals surface area contributed by atoms with Crippen molar-refractivity contribution in [2.75, 3.05) is 6.54 Å². The summed E-state index contributed by atoms with van der Waals surface area (Å²) in [5, 5.41) is 6.11. The van der Waals surface area contributed by atoms with Crippen LogP contribution in [0.2, 0.25) is 0 Å². The Morgan fingerprint density at radius 2 is 2.24 bits per heavy atom. The van der Waals surface area contributed by atoms with Crippen LogP contribution in [-0.2, 0) is 6.42 Å². The number of rotatable bonds is 3. The lowest BCUT2D eigenvalue weighted by Gasteiger charge is -2.26. The molecule has 0 aliphatic heterocycles. The molecule has 1 saturated carbocycles. The molecule has 1 aromatic heterocycles. The maximum atomic E-state index is 3.84. The summed E-state index contributed by atoms with van der Waals surface area (Å²) in [4.78, 5) is 1.63. The summed E-state index contributed by atoms with van der Waals surface area (Å²) in [6, 6.07) is 2.99. The molecule has 1 heterocycles. The van der Waals surface area contributed by atoms with Gasteiger partial charge in [-0.15, -0.1) is 11.3 Å². The van der Waals surface area contributed by atoms with Crippen molar-refractivity contribution in [3.05, 3.63) is 21.9 Å². The van der Waals surface area contributed by atoms with Crippen molar-refractivity contribution in [3.63, 3.8) is 0 Å². The predicted octanol–water partition coefficient (Wildman–Crippen LogP) is 4.15. The summed E-state index contributed by atoms with van der Waals surface area (Å²) >= 11 is 1.95. The molecule has 2 heteroatoms. The first-order valence-corrected chi connectivity index (χ1v) is 8.02. The first-order valence-electron chi connectivity index (χ1n) is 7.14. The zero-order chi connectivity index (χ0) is 11.7. The highest BCUT2D eigenvalue weighted by Crippen LogP contribution is 2.35. The standard InChI is InChI=1S/C15H23NS/c1-11-4-2-5-12(11)10-16-14-6-3-7-15-13(14)8-9-17-15/h8-9,11-12,14,16H,2-7,10H2,1H3. The van der Waals surface area contributed by atoms with Gasteiger partial charge in [0.05, 0.1) is 0 Å². The molecule has 0 radical (unpaired) electrons. The Labute approximate surface area is 109 Å². The number of hydrogen-bond acceptors (Lipinski definition) is 2. The average molecular weight is 249 g/mol. The van der Waals surface area contributed by atoms with Crippen LogP contribution in [0.4, 0.5) is 0 Å². The highest BCUT2D eigenvalue weighted by atomic mass is 32.1. The van der Waals surface area contributed by atoms with Crippen LogP contribution in [0.5, 0.6) is 0 Å². The predicted molar refractivity (Wildman–Crippen MR) is 74.5 cm³/mol. The Balaban J connectivity index is 1.60. The van der Waals surface area contributed by atoms with Crippen LogP contribution in [0.15, 0.2) is 11.4 Å². The molecule has 3 unspecified atom stereocenters. The van der Waals surface area contributed by atoms with Crippen LogP contribution in [0.1, 0.15) is 55.5 Å². The molecule has 3 atom stereocenters. The molecular formula is C15H23NS. The second-order valence-corrected chi connectivity index (χ2v) is 6.82. The van der Waals surface area contributed by atoms with Gasteiger partial charge in [0.2, 0.25) is 0 Å². The zero-order valence-corrected chi connectivity index (χ0v) is 11.6. The quantitative estimate of drug-likeness (QED) is 0.848. The molecule has 0 aromatic carbocycles. The molecule has 0 bridgehead atoms. The van der Waals surface area contributed by atoms with Crippen molar-refractivity contribution in [3.8, 4) is 0 Å². The van der Waals surface area contributed by atoms with Crippen molar-refractivity contribution in [2.24, 2.45) is 11.8 Å². The van der Waals surface area contributed by atoms with Crippen LogP contribution in [0.25, 0.3) is 0 Å². The SMILES string of the molecule is CC1CCCC1CNC1CCCc2sccc21. The lowest BCUT2D eigenvalue weighted by atomic mass is 9.92. The van der Waals surface area contributed by atoms with Gasteiger partial charge in [0.15, 0.2) is 0 Å². The van der Waals surface area contributed by atoms with Crippen molar-refractivity contribution in [2.45, 2.75) is 51.5 Å². The molecule has 2 aliphatic carbocycles. The van der Waals surface area contributed by atoms with E-state index >= 15 is 0 Å². The van der Waals surface area contributed by atoms with Gasteiger partial charge in [-0.05, 0) is 61.1 Å². The van der Waals surface area contributed by atoms with E-state index in [1.807, 2.05) is 11.3 Å². The Morgan fingerprint density at radius 1 is 1.29 bits per heavy atom. The largest absolute Gasteiger partial charge is 0.310 e. The van der Waals surface area contributed by atoms with Gasteiger partial charge >= 0.3 is 0 Å². The van der Waals surface area contributed by atoms with Gasteiger partial charge < -0.3 is 5.32 Å². The van der Waals surface area contributed by atoms with Gasteiger partial charge in [-0.2, -0.15) is 0 Å². The molecule has 17 heavy (non-hydrogen) atoms. The van der Waals surface area contributed by atoms with Crippen molar-refractivity contribution in [1.82, 2.24) is 5.32 Å². The van der Waals surface area contributed by atoms with Gasteiger partial charge in [-0.25, -0.2) is 0 Å². The lowest BCUT2D eigenvalue weighted by molar-refractivity contribution is 0.354. The van der Waals surface area contributed by atoms with Crippen LogP contribution in [-0.4, -0.2) is 6.54 Å². The van der Waals surface area contributed by atoms with E-state index in [1.54, 1.807) is 10.4 Å². The molecule has 1 nitrogen and oxygen atoms in total. The van der Waals surface area contributed by atoms with E-state index in [1.165, 1.54) is 45.1 Å². The third-order valence-corrected chi connectivity index (χ3v) is 5.71. The number of fused-ring (bicyclic) bond motifs is 1. The summed E-state index contributed by atoms with van der Waals surface area (Å²) in [6.45, 7) is 3.66. The summed E-state index contributed by atoms with van der Waals surface area (Å²) in [6.07, 6.45) is 8.35. The third kappa shape index (κ3) is 2.43. The molecule has 0 spiro atoms. The molecule has 94 valence electrons. The van der Waals surface area contributed by atoms with E-state index in [0.29, 0.717) is 6.04 Å². The Hall–Kier alpha value is -0.340.